The topological polar surface area (TPSA) is 29.1 Å². The minimum Gasteiger partial charge on any atom is -0.345 e. The van der Waals surface area contributed by atoms with Crippen molar-refractivity contribution in [1.29, 1.82) is 0 Å². The fourth-order valence-electron chi connectivity index (χ4n) is 2.68. The monoisotopic (exact) mass is 319 g/mol. The fourth-order valence-corrected chi connectivity index (χ4v) is 2.68. The molecule has 1 N–H and O–H groups in total. The van der Waals surface area contributed by atoms with Crippen LogP contribution in [0.2, 0.25) is 0 Å². The number of halogens is 1. The van der Waals surface area contributed by atoms with Crippen molar-refractivity contribution in [2.45, 2.75) is 13.0 Å². The quantitative estimate of drug-likeness (QED) is 0.721. The number of nitrogens with one attached hydrogen (secondary N) is 1. The van der Waals surface area contributed by atoms with Crippen molar-refractivity contribution >= 4 is 5.91 Å². The molecule has 0 aliphatic carbocycles. The summed E-state index contributed by atoms with van der Waals surface area (Å²) in [6.45, 7) is 1.85. The molecule has 0 fully saturated rings. The highest BCUT2D eigenvalue weighted by molar-refractivity contribution is 6.01. The molecule has 2 nitrogen and oxygen atoms in total. The van der Waals surface area contributed by atoms with E-state index in [9.17, 15) is 9.18 Å². The van der Waals surface area contributed by atoms with E-state index in [0.29, 0.717) is 5.56 Å². The van der Waals surface area contributed by atoms with Gasteiger partial charge in [0.1, 0.15) is 5.82 Å². The van der Waals surface area contributed by atoms with Crippen LogP contribution in [0, 0.1) is 5.82 Å². The van der Waals surface area contributed by atoms with E-state index in [-0.39, 0.29) is 17.8 Å². The summed E-state index contributed by atoms with van der Waals surface area (Å²) in [7, 11) is 0. The van der Waals surface area contributed by atoms with Crippen LogP contribution >= 0.6 is 0 Å². The summed E-state index contributed by atoms with van der Waals surface area (Å²) in [5.74, 6) is -0.482. The SMILES string of the molecule is C[C@@H](NC(=O)c1ccccc1-c1ccccc1)c1cccc(F)c1. The standard InChI is InChI=1S/C21H18FNO/c1-15(17-10-7-11-18(22)14-17)23-21(24)20-13-6-5-12-19(20)16-8-3-2-4-9-16/h2-15H,1H3,(H,23,24)/t15-/m1/s1. The molecule has 3 heteroatoms. The number of benzene rings is 3. The maximum absolute atomic E-state index is 13.4. The van der Waals surface area contributed by atoms with Gasteiger partial charge in [0.2, 0.25) is 0 Å². The van der Waals surface area contributed by atoms with Crippen molar-refractivity contribution in [3.8, 4) is 11.1 Å². The highest BCUT2D eigenvalue weighted by Gasteiger charge is 2.15. The minimum atomic E-state index is -0.307. The van der Waals surface area contributed by atoms with E-state index in [1.807, 2.05) is 55.5 Å². The van der Waals surface area contributed by atoms with E-state index < -0.39 is 0 Å². The van der Waals surface area contributed by atoms with Crippen LogP contribution < -0.4 is 5.32 Å². The lowest BCUT2D eigenvalue weighted by molar-refractivity contribution is 0.0940. The first-order chi connectivity index (χ1) is 11.6. The zero-order valence-electron chi connectivity index (χ0n) is 13.4. The lowest BCUT2D eigenvalue weighted by Crippen LogP contribution is -2.27. The van der Waals surface area contributed by atoms with E-state index in [1.54, 1.807) is 18.2 Å². The molecule has 0 aliphatic heterocycles. The molecule has 1 atom stereocenters. The summed E-state index contributed by atoms with van der Waals surface area (Å²) in [6, 6.07) is 23.3. The van der Waals surface area contributed by atoms with Gasteiger partial charge < -0.3 is 5.32 Å². The van der Waals surface area contributed by atoms with Crippen molar-refractivity contribution in [2.24, 2.45) is 0 Å². The third-order valence-electron chi connectivity index (χ3n) is 3.95. The van der Waals surface area contributed by atoms with E-state index in [2.05, 4.69) is 5.32 Å². The van der Waals surface area contributed by atoms with Crippen LogP contribution in [0.15, 0.2) is 78.9 Å². The molecular weight excluding hydrogens is 301 g/mol. The molecule has 0 radical (unpaired) electrons. The molecule has 120 valence electrons. The van der Waals surface area contributed by atoms with Gasteiger partial charge in [0, 0.05) is 5.56 Å². The van der Waals surface area contributed by atoms with Gasteiger partial charge in [0.15, 0.2) is 0 Å². The molecule has 0 saturated heterocycles. The first-order valence-corrected chi connectivity index (χ1v) is 7.86. The molecule has 0 spiro atoms. The summed E-state index contributed by atoms with van der Waals surface area (Å²) in [4.78, 5) is 12.7. The van der Waals surface area contributed by atoms with Crippen LogP contribution in [0.25, 0.3) is 11.1 Å². The Morgan fingerprint density at radius 2 is 1.62 bits per heavy atom. The van der Waals surface area contributed by atoms with Crippen LogP contribution in [0.5, 0.6) is 0 Å². The molecule has 3 rings (SSSR count). The first kappa shape index (κ1) is 15.9. The molecule has 0 unspecified atom stereocenters. The first-order valence-electron chi connectivity index (χ1n) is 7.86. The van der Waals surface area contributed by atoms with Crippen molar-refractivity contribution in [1.82, 2.24) is 5.32 Å². The summed E-state index contributed by atoms with van der Waals surface area (Å²) in [5.41, 5.74) is 3.20. The van der Waals surface area contributed by atoms with Gasteiger partial charge in [-0.1, -0.05) is 60.7 Å². The second-order valence-electron chi connectivity index (χ2n) is 5.66. The lowest BCUT2D eigenvalue weighted by Gasteiger charge is -2.16. The van der Waals surface area contributed by atoms with E-state index >= 15 is 0 Å². The Balaban J connectivity index is 1.86. The Bertz CT molecular complexity index is 845. The van der Waals surface area contributed by atoms with Crippen molar-refractivity contribution in [3.05, 3.63) is 95.8 Å². The molecule has 0 heterocycles. The Hall–Kier alpha value is -2.94. The molecule has 0 saturated carbocycles. The minimum absolute atomic E-state index is 0.175. The summed E-state index contributed by atoms with van der Waals surface area (Å²) >= 11 is 0. The molecule has 0 aliphatic rings. The van der Waals surface area contributed by atoms with E-state index in [1.165, 1.54) is 12.1 Å². The Labute approximate surface area is 141 Å². The van der Waals surface area contributed by atoms with Gasteiger partial charge >= 0.3 is 0 Å². The molecule has 3 aromatic carbocycles. The Morgan fingerprint density at radius 1 is 0.917 bits per heavy atom. The van der Waals surface area contributed by atoms with Crippen LogP contribution in [-0.4, -0.2) is 5.91 Å². The highest BCUT2D eigenvalue weighted by atomic mass is 19.1. The predicted molar refractivity (Wildman–Crippen MR) is 94.2 cm³/mol. The van der Waals surface area contributed by atoms with Crippen LogP contribution in [0.1, 0.15) is 28.9 Å². The maximum atomic E-state index is 13.4. The normalized spacial score (nSPS) is 11.8. The average Bonchev–Trinajstić information content (AvgIpc) is 2.62. The smallest absolute Gasteiger partial charge is 0.252 e. The molecule has 0 aromatic heterocycles. The molecule has 1 amide bonds. The van der Waals surface area contributed by atoms with Crippen molar-refractivity contribution in [2.75, 3.05) is 0 Å². The fraction of sp³-hybridized carbons (Fsp3) is 0.0952. The number of carbonyl (C=O) groups is 1. The second-order valence-corrected chi connectivity index (χ2v) is 5.66. The van der Waals surface area contributed by atoms with Gasteiger partial charge in [-0.05, 0) is 41.8 Å². The Kier molecular flexibility index (Phi) is 4.71. The van der Waals surface area contributed by atoms with Crippen LogP contribution in [0.3, 0.4) is 0 Å². The maximum Gasteiger partial charge on any atom is 0.252 e. The lowest BCUT2D eigenvalue weighted by atomic mass is 9.98. The van der Waals surface area contributed by atoms with Gasteiger partial charge in [-0.25, -0.2) is 4.39 Å². The zero-order valence-corrected chi connectivity index (χ0v) is 13.4. The zero-order chi connectivity index (χ0) is 16.9. The van der Waals surface area contributed by atoms with Crippen molar-refractivity contribution < 1.29 is 9.18 Å². The van der Waals surface area contributed by atoms with E-state index in [4.69, 9.17) is 0 Å². The summed E-state index contributed by atoms with van der Waals surface area (Å²) in [5, 5.41) is 2.94. The second kappa shape index (κ2) is 7.09. The third-order valence-corrected chi connectivity index (χ3v) is 3.95. The van der Waals surface area contributed by atoms with Gasteiger partial charge in [-0.3, -0.25) is 4.79 Å². The number of rotatable bonds is 4. The summed E-state index contributed by atoms with van der Waals surface area (Å²) in [6.07, 6.45) is 0. The number of carbonyl (C=O) groups excluding carboxylic acids is 1. The third kappa shape index (κ3) is 3.51. The molecular formula is C21H18FNO. The predicted octanol–water partition coefficient (Wildman–Crippen LogP) is 4.98. The van der Waals surface area contributed by atoms with Gasteiger partial charge in [0.25, 0.3) is 5.91 Å². The van der Waals surface area contributed by atoms with Gasteiger partial charge in [0.05, 0.1) is 6.04 Å². The van der Waals surface area contributed by atoms with Crippen LogP contribution in [-0.2, 0) is 0 Å². The number of hydrogen-bond acceptors (Lipinski definition) is 1. The number of amides is 1. The summed E-state index contributed by atoms with van der Waals surface area (Å²) < 4.78 is 13.4. The van der Waals surface area contributed by atoms with Crippen LogP contribution in [0.4, 0.5) is 4.39 Å². The average molecular weight is 319 g/mol. The van der Waals surface area contributed by atoms with E-state index in [0.717, 1.165) is 16.7 Å². The largest absolute Gasteiger partial charge is 0.345 e. The highest BCUT2D eigenvalue weighted by Crippen LogP contribution is 2.24. The Morgan fingerprint density at radius 3 is 2.38 bits per heavy atom. The van der Waals surface area contributed by atoms with Gasteiger partial charge in [-0.2, -0.15) is 0 Å². The molecule has 3 aromatic rings. The van der Waals surface area contributed by atoms with Crippen molar-refractivity contribution in [3.63, 3.8) is 0 Å². The van der Waals surface area contributed by atoms with Gasteiger partial charge in [-0.15, -0.1) is 0 Å². The molecule has 24 heavy (non-hydrogen) atoms. The number of hydrogen-bond donors (Lipinski definition) is 1. The molecule has 0 bridgehead atoms.